The van der Waals surface area contributed by atoms with Crippen LogP contribution in [0.2, 0.25) is 5.15 Å². The Hall–Kier alpha value is -2.07. The Morgan fingerprint density at radius 1 is 1.35 bits per heavy atom. The van der Waals surface area contributed by atoms with Crippen molar-refractivity contribution in [3.63, 3.8) is 0 Å². The molecule has 0 saturated carbocycles. The molecule has 5 heteroatoms. The average molecular weight is 290 g/mol. The normalized spacial score (nSPS) is 16.4. The molecule has 0 radical (unpaired) electrons. The number of hydrogen-bond acceptors (Lipinski definition) is 4. The monoisotopic (exact) mass is 289 g/mol. The third-order valence-corrected chi connectivity index (χ3v) is 3.30. The molecule has 0 fully saturated rings. The lowest BCUT2D eigenvalue weighted by molar-refractivity contribution is -0.152. The Morgan fingerprint density at radius 2 is 2.20 bits per heavy atom. The molecule has 0 bridgehead atoms. The van der Waals surface area contributed by atoms with Crippen LogP contribution in [0, 0.1) is 0 Å². The minimum Gasteiger partial charge on any atom is -0.478 e. The Balaban J connectivity index is 1.57. The van der Waals surface area contributed by atoms with E-state index in [0.717, 1.165) is 16.9 Å². The van der Waals surface area contributed by atoms with Gasteiger partial charge in [0.25, 0.3) is 0 Å². The van der Waals surface area contributed by atoms with Crippen molar-refractivity contribution >= 4 is 17.6 Å². The van der Waals surface area contributed by atoms with Gasteiger partial charge in [0.15, 0.2) is 6.10 Å². The summed E-state index contributed by atoms with van der Waals surface area (Å²) in [6, 6.07) is 11.0. The van der Waals surface area contributed by atoms with Crippen LogP contribution >= 0.6 is 11.6 Å². The van der Waals surface area contributed by atoms with Gasteiger partial charge in [0.05, 0.1) is 0 Å². The number of benzene rings is 1. The first kappa shape index (κ1) is 12.9. The summed E-state index contributed by atoms with van der Waals surface area (Å²) in [7, 11) is 0. The van der Waals surface area contributed by atoms with Crippen LogP contribution in [0.5, 0.6) is 5.75 Å². The number of fused-ring (bicyclic) bond motifs is 1. The summed E-state index contributed by atoms with van der Waals surface area (Å²) in [5.74, 6) is 0.388. The van der Waals surface area contributed by atoms with Gasteiger partial charge in [-0.2, -0.15) is 0 Å². The summed E-state index contributed by atoms with van der Waals surface area (Å²) in [6.07, 6.45) is 1.57. The zero-order valence-corrected chi connectivity index (χ0v) is 11.3. The molecule has 0 N–H and O–H groups in total. The number of esters is 1. The van der Waals surface area contributed by atoms with E-state index in [0.29, 0.717) is 11.6 Å². The first-order valence-electron chi connectivity index (χ1n) is 6.24. The van der Waals surface area contributed by atoms with Crippen LogP contribution in [0.15, 0.2) is 42.6 Å². The molecule has 2 aromatic rings. The van der Waals surface area contributed by atoms with Crippen molar-refractivity contribution in [3.8, 4) is 5.75 Å². The lowest BCUT2D eigenvalue weighted by atomic mass is 10.1. The summed E-state index contributed by atoms with van der Waals surface area (Å²) < 4.78 is 10.8. The molecule has 1 aromatic carbocycles. The van der Waals surface area contributed by atoms with E-state index in [1.54, 1.807) is 18.3 Å². The molecule has 1 aliphatic rings. The van der Waals surface area contributed by atoms with Crippen LogP contribution in [0.1, 0.15) is 11.1 Å². The predicted molar refractivity (Wildman–Crippen MR) is 73.6 cm³/mol. The number of carbonyl (C=O) groups excluding carboxylic acids is 1. The number of halogens is 1. The molecular formula is C15H12ClNO3. The SMILES string of the molecule is O=C(OCc1ccc(Cl)nc1)C1Cc2ccccc2O1. The highest BCUT2D eigenvalue weighted by atomic mass is 35.5. The highest BCUT2D eigenvalue weighted by molar-refractivity contribution is 6.29. The topological polar surface area (TPSA) is 48.4 Å². The van der Waals surface area contributed by atoms with Crippen molar-refractivity contribution in [1.82, 2.24) is 4.98 Å². The molecule has 1 aliphatic heterocycles. The van der Waals surface area contributed by atoms with Gasteiger partial charge in [0.1, 0.15) is 17.5 Å². The van der Waals surface area contributed by atoms with Gasteiger partial charge >= 0.3 is 5.97 Å². The number of rotatable bonds is 3. The van der Waals surface area contributed by atoms with E-state index in [2.05, 4.69) is 4.98 Å². The number of aromatic nitrogens is 1. The lowest BCUT2D eigenvalue weighted by Crippen LogP contribution is -2.27. The van der Waals surface area contributed by atoms with Crippen molar-refractivity contribution in [2.45, 2.75) is 19.1 Å². The number of ether oxygens (including phenoxy) is 2. The first-order valence-corrected chi connectivity index (χ1v) is 6.62. The highest BCUT2D eigenvalue weighted by Crippen LogP contribution is 2.28. The van der Waals surface area contributed by atoms with Crippen LogP contribution in [0.25, 0.3) is 0 Å². The molecular weight excluding hydrogens is 278 g/mol. The van der Waals surface area contributed by atoms with Gasteiger partial charge in [-0.3, -0.25) is 0 Å². The minimum atomic E-state index is -0.562. The fourth-order valence-electron chi connectivity index (χ4n) is 2.05. The molecule has 3 rings (SSSR count). The number of pyridine rings is 1. The molecule has 4 nitrogen and oxygen atoms in total. The highest BCUT2D eigenvalue weighted by Gasteiger charge is 2.29. The van der Waals surface area contributed by atoms with Crippen LogP contribution in [0.4, 0.5) is 0 Å². The maximum atomic E-state index is 12.0. The zero-order chi connectivity index (χ0) is 13.9. The van der Waals surface area contributed by atoms with Crippen molar-refractivity contribution in [2.75, 3.05) is 0 Å². The Kier molecular flexibility index (Phi) is 3.56. The summed E-state index contributed by atoms with van der Waals surface area (Å²) in [4.78, 5) is 15.9. The second-order valence-corrected chi connectivity index (χ2v) is 4.90. The summed E-state index contributed by atoms with van der Waals surface area (Å²) in [5.41, 5.74) is 1.82. The Morgan fingerprint density at radius 3 is 2.95 bits per heavy atom. The van der Waals surface area contributed by atoms with E-state index in [1.165, 1.54) is 0 Å². The summed E-state index contributed by atoms with van der Waals surface area (Å²) in [5, 5.41) is 0.412. The van der Waals surface area contributed by atoms with E-state index in [9.17, 15) is 4.79 Å². The molecule has 0 aliphatic carbocycles. The molecule has 1 unspecified atom stereocenters. The van der Waals surface area contributed by atoms with Gasteiger partial charge in [-0.25, -0.2) is 9.78 Å². The van der Waals surface area contributed by atoms with Crippen molar-refractivity contribution in [3.05, 3.63) is 58.9 Å². The van der Waals surface area contributed by atoms with Gasteiger partial charge < -0.3 is 9.47 Å². The molecule has 1 atom stereocenters. The summed E-state index contributed by atoms with van der Waals surface area (Å²) >= 11 is 5.69. The third kappa shape index (κ3) is 2.75. The smallest absolute Gasteiger partial charge is 0.348 e. The van der Waals surface area contributed by atoms with Gasteiger partial charge in [-0.05, 0) is 17.7 Å². The molecule has 2 heterocycles. The van der Waals surface area contributed by atoms with E-state index >= 15 is 0 Å². The van der Waals surface area contributed by atoms with E-state index in [1.807, 2.05) is 24.3 Å². The van der Waals surface area contributed by atoms with Crippen molar-refractivity contribution < 1.29 is 14.3 Å². The van der Waals surface area contributed by atoms with Crippen LogP contribution in [-0.4, -0.2) is 17.1 Å². The fourth-order valence-corrected chi connectivity index (χ4v) is 2.16. The molecule has 20 heavy (non-hydrogen) atoms. The number of hydrogen-bond donors (Lipinski definition) is 0. The van der Waals surface area contributed by atoms with Crippen LogP contribution < -0.4 is 4.74 Å². The number of nitrogens with zero attached hydrogens (tertiary/aromatic N) is 1. The Labute approximate surface area is 121 Å². The van der Waals surface area contributed by atoms with Gasteiger partial charge in [-0.15, -0.1) is 0 Å². The van der Waals surface area contributed by atoms with E-state index < -0.39 is 6.10 Å². The van der Waals surface area contributed by atoms with Gasteiger partial charge in [0.2, 0.25) is 0 Å². The first-order chi connectivity index (χ1) is 9.72. The van der Waals surface area contributed by atoms with Gasteiger partial charge in [-0.1, -0.05) is 35.9 Å². The Bertz CT molecular complexity index is 602. The fraction of sp³-hybridized carbons (Fsp3) is 0.200. The van der Waals surface area contributed by atoms with Crippen LogP contribution in [-0.2, 0) is 22.6 Å². The second kappa shape index (κ2) is 5.51. The molecule has 0 saturated heterocycles. The second-order valence-electron chi connectivity index (χ2n) is 4.52. The van der Waals surface area contributed by atoms with Crippen molar-refractivity contribution in [1.29, 1.82) is 0 Å². The average Bonchev–Trinajstić information content (AvgIpc) is 2.90. The number of carbonyl (C=O) groups is 1. The molecule has 102 valence electrons. The maximum Gasteiger partial charge on any atom is 0.348 e. The van der Waals surface area contributed by atoms with Crippen LogP contribution in [0.3, 0.4) is 0 Å². The number of para-hydroxylation sites is 1. The lowest BCUT2D eigenvalue weighted by Gasteiger charge is -2.10. The quantitative estimate of drug-likeness (QED) is 0.644. The largest absolute Gasteiger partial charge is 0.478 e. The molecule has 0 amide bonds. The minimum absolute atomic E-state index is 0.166. The maximum absolute atomic E-state index is 12.0. The van der Waals surface area contributed by atoms with E-state index in [-0.39, 0.29) is 12.6 Å². The third-order valence-electron chi connectivity index (χ3n) is 3.08. The zero-order valence-electron chi connectivity index (χ0n) is 10.6. The van der Waals surface area contributed by atoms with Crippen molar-refractivity contribution in [2.24, 2.45) is 0 Å². The standard InChI is InChI=1S/C15H12ClNO3/c16-14-6-5-10(8-17-14)9-19-15(18)13-7-11-3-1-2-4-12(11)20-13/h1-6,8,13H,7,9H2. The van der Waals surface area contributed by atoms with Gasteiger partial charge in [0, 0.05) is 18.2 Å². The molecule has 0 spiro atoms. The van der Waals surface area contributed by atoms with E-state index in [4.69, 9.17) is 21.1 Å². The summed E-state index contributed by atoms with van der Waals surface area (Å²) in [6.45, 7) is 0.166. The predicted octanol–water partition coefficient (Wildman–Crippen LogP) is 2.78. The molecule has 1 aromatic heterocycles.